The number of aryl methyl sites for hydroxylation is 1. The molecular weight excluding hydrogens is 298 g/mol. The molecule has 106 valence electrons. The molecule has 0 aliphatic carbocycles. The zero-order valence-electron chi connectivity index (χ0n) is 10.6. The van der Waals surface area contributed by atoms with Crippen LogP contribution >= 0.6 is 11.3 Å². The van der Waals surface area contributed by atoms with Gasteiger partial charge in [-0.05, 0) is 37.3 Å². The number of amides is 1. The van der Waals surface area contributed by atoms with Gasteiger partial charge in [0.05, 0.1) is 9.77 Å². The lowest BCUT2D eigenvalue weighted by atomic mass is 10.3. The number of benzene rings is 1. The molecule has 0 saturated heterocycles. The molecule has 0 unspecified atom stereocenters. The van der Waals surface area contributed by atoms with Crippen molar-refractivity contribution in [2.45, 2.75) is 11.8 Å². The van der Waals surface area contributed by atoms with Crippen molar-refractivity contribution in [2.75, 3.05) is 11.1 Å². The second-order valence-electron chi connectivity index (χ2n) is 4.15. The molecule has 0 aliphatic heterocycles. The van der Waals surface area contributed by atoms with E-state index in [1.54, 1.807) is 6.07 Å². The Balaban J connectivity index is 2.16. The molecule has 1 heterocycles. The number of primary sulfonamides is 1. The Hall–Kier alpha value is -1.90. The van der Waals surface area contributed by atoms with E-state index in [4.69, 9.17) is 10.9 Å². The number of nitrogens with one attached hydrogen (secondary N) is 1. The maximum absolute atomic E-state index is 12.0. The number of anilines is 2. The summed E-state index contributed by atoms with van der Waals surface area (Å²) in [6.45, 7) is 1.83. The maximum Gasteiger partial charge on any atom is 0.265 e. The monoisotopic (exact) mass is 311 g/mol. The lowest BCUT2D eigenvalue weighted by molar-refractivity contribution is 0.103. The summed E-state index contributed by atoms with van der Waals surface area (Å²) in [5.41, 5.74) is 6.74. The van der Waals surface area contributed by atoms with E-state index in [1.807, 2.05) is 6.92 Å². The number of hydrogen-bond acceptors (Lipinski definition) is 5. The van der Waals surface area contributed by atoms with Crippen LogP contribution in [-0.4, -0.2) is 14.3 Å². The average molecular weight is 311 g/mol. The van der Waals surface area contributed by atoms with Gasteiger partial charge in [-0.3, -0.25) is 4.79 Å². The Morgan fingerprint density at radius 2 is 1.85 bits per heavy atom. The molecule has 0 spiro atoms. The topological polar surface area (TPSA) is 115 Å². The van der Waals surface area contributed by atoms with E-state index < -0.39 is 10.0 Å². The van der Waals surface area contributed by atoms with Gasteiger partial charge in [-0.25, -0.2) is 13.6 Å². The molecular formula is C12H13N3O3S2. The van der Waals surface area contributed by atoms with Crippen molar-refractivity contribution in [3.05, 3.63) is 40.1 Å². The predicted octanol–water partition coefficient (Wildman–Crippen LogP) is 1.54. The maximum atomic E-state index is 12.0. The second kappa shape index (κ2) is 5.23. The normalized spacial score (nSPS) is 11.3. The largest absolute Gasteiger partial charge is 0.398 e. The fraction of sp³-hybridized carbons (Fsp3) is 0.0833. The highest BCUT2D eigenvalue weighted by atomic mass is 32.2. The first-order valence-corrected chi connectivity index (χ1v) is 7.94. The number of hydrogen-bond donors (Lipinski definition) is 3. The van der Waals surface area contributed by atoms with Gasteiger partial charge in [-0.1, -0.05) is 0 Å². The Kier molecular flexibility index (Phi) is 3.80. The lowest BCUT2D eigenvalue weighted by Crippen LogP contribution is -2.13. The molecule has 0 atom stereocenters. The molecule has 0 bridgehead atoms. The summed E-state index contributed by atoms with van der Waals surface area (Å²) < 4.78 is 22.2. The average Bonchev–Trinajstić information content (AvgIpc) is 2.69. The first-order valence-electron chi connectivity index (χ1n) is 5.57. The summed E-state index contributed by atoms with van der Waals surface area (Å²) in [5.74, 6) is -0.293. The first kappa shape index (κ1) is 14.5. The van der Waals surface area contributed by atoms with Gasteiger partial charge in [0.15, 0.2) is 0 Å². The van der Waals surface area contributed by atoms with Crippen molar-refractivity contribution in [2.24, 2.45) is 5.14 Å². The molecule has 1 aromatic carbocycles. The van der Waals surface area contributed by atoms with E-state index in [9.17, 15) is 13.2 Å². The number of nitrogen functional groups attached to an aromatic ring is 1. The minimum absolute atomic E-state index is 0.00767. The van der Waals surface area contributed by atoms with Crippen LogP contribution < -0.4 is 16.2 Å². The number of nitrogens with two attached hydrogens (primary N) is 2. The summed E-state index contributed by atoms with van der Waals surface area (Å²) in [6, 6.07) is 7.22. The minimum atomic E-state index is -3.73. The van der Waals surface area contributed by atoms with Gasteiger partial charge in [0.2, 0.25) is 10.0 Å². The summed E-state index contributed by atoms with van der Waals surface area (Å²) in [5, 5.41) is 7.65. The van der Waals surface area contributed by atoms with Crippen molar-refractivity contribution in [3.8, 4) is 0 Å². The SMILES string of the molecule is Cc1sc(C(=O)Nc2ccc(S(N)(=O)=O)cc2)cc1N. The molecule has 5 N–H and O–H groups in total. The first-order chi connectivity index (χ1) is 9.27. The van der Waals surface area contributed by atoms with Crippen LogP contribution in [0.5, 0.6) is 0 Å². The molecule has 0 aliphatic rings. The van der Waals surface area contributed by atoms with Crippen molar-refractivity contribution >= 4 is 38.6 Å². The summed E-state index contributed by atoms with van der Waals surface area (Å²) >= 11 is 1.30. The third-order valence-corrected chi connectivity index (χ3v) is 4.61. The van der Waals surface area contributed by atoms with Crippen LogP contribution in [0.4, 0.5) is 11.4 Å². The number of carbonyl (C=O) groups excluding carboxylic acids is 1. The minimum Gasteiger partial charge on any atom is -0.398 e. The van der Waals surface area contributed by atoms with Crippen LogP contribution in [0.1, 0.15) is 14.5 Å². The Morgan fingerprint density at radius 3 is 2.30 bits per heavy atom. The van der Waals surface area contributed by atoms with Crippen LogP contribution in [0.3, 0.4) is 0 Å². The number of rotatable bonds is 3. The molecule has 0 saturated carbocycles. The van der Waals surface area contributed by atoms with Crippen molar-refractivity contribution in [1.29, 1.82) is 0 Å². The smallest absolute Gasteiger partial charge is 0.265 e. The van der Waals surface area contributed by atoms with E-state index in [-0.39, 0.29) is 10.8 Å². The molecule has 2 aromatic rings. The van der Waals surface area contributed by atoms with Crippen LogP contribution in [-0.2, 0) is 10.0 Å². The molecule has 0 radical (unpaired) electrons. The van der Waals surface area contributed by atoms with Gasteiger partial charge in [0.25, 0.3) is 5.91 Å². The Morgan fingerprint density at radius 1 is 1.25 bits per heavy atom. The molecule has 2 rings (SSSR count). The van der Waals surface area contributed by atoms with Crippen LogP contribution in [0, 0.1) is 6.92 Å². The van der Waals surface area contributed by atoms with Crippen LogP contribution in [0.15, 0.2) is 35.2 Å². The summed E-state index contributed by atoms with van der Waals surface area (Å²) in [7, 11) is -3.73. The molecule has 8 heteroatoms. The fourth-order valence-electron chi connectivity index (χ4n) is 1.53. The van der Waals surface area contributed by atoms with Gasteiger partial charge < -0.3 is 11.1 Å². The quantitative estimate of drug-likeness (QED) is 0.797. The van der Waals surface area contributed by atoms with Gasteiger partial charge in [-0.2, -0.15) is 0 Å². The standard InChI is InChI=1S/C12H13N3O3S2/c1-7-10(13)6-11(19-7)12(16)15-8-2-4-9(5-3-8)20(14,17)18/h2-6H,13H2,1H3,(H,15,16)(H2,14,17,18). The highest BCUT2D eigenvalue weighted by Gasteiger charge is 2.12. The number of thiophene rings is 1. The van der Waals surface area contributed by atoms with Gasteiger partial charge in [0.1, 0.15) is 0 Å². The predicted molar refractivity (Wildman–Crippen MR) is 79.2 cm³/mol. The lowest BCUT2D eigenvalue weighted by Gasteiger charge is -2.04. The Bertz CT molecular complexity index is 729. The molecule has 6 nitrogen and oxygen atoms in total. The second-order valence-corrected chi connectivity index (χ2v) is 6.96. The third-order valence-electron chi connectivity index (χ3n) is 2.62. The Labute approximate surface area is 120 Å². The molecule has 20 heavy (non-hydrogen) atoms. The molecule has 1 amide bonds. The van der Waals surface area contributed by atoms with E-state index in [1.165, 1.54) is 35.6 Å². The van der Waals surface area contributed by atoms with Gasteiger partial charge in [0, 0.05) is 16.3 Å². The summed E-state index contributed by atoms with van der Waals surface area (Å²) in [4.78, 5) is 13.3. The third kappa shape index (κ3) is 3.16. The van der Waals surface area contributed by atoms with E-state index in [0.29, 0.717) is 16.3 Å². The highest BCUT2D eigenvalue weighted by molar-refractivity contribution is 7.89. The zero-order valence-corrected chi connectivity index (χ0v) is 12.2. The van der Waals surface area contributed by atoms with Crippen molar-refractivity contribution in [1.82, 2.24) is 0 Å². The van der Waals surface area contributed by atoms with Crippen LogP contribution in [0.2, 0.25) is 0 Å². The van der Waals surface area contributed by atoms with E-state index in [2.05, 4.69) is 5.32 Å². The van der Waals surface area contributed by atoms with Crippen molar-refractivity contribution in [3.63, 3.8) is 0 Å². The highest BCUT2D eigenvalue weighted by Crippen LogP contribution is 2.24. The number of sulfonamides is 1. The molecule has 1 aromatic heterocycles. The van der Waals surface area contributed by atoms with Crippen LogP contribution in [0.25, 0.3) is 0 Å². The van der Waals surface area contributed by atoms with Crippen molar-refractivity contribution < 1.29 is 13.2 Å². The molecule has 0 fully saturated rings. The zero-order chi connectivity index (χ0) is 14.9. The van der Waals surface area contributed by atoms with Gasteiger partial charge in [-0.15, -0.1) is 11.3 Å². The number of carbonyl (C=O) groups is 1. The van der Waals surface area contributed by atoms with E-state index in [0.717, 1.165) is 4.88 Å². The summed E-state index contributed by atoms with van der Waals surface area (Å²) in [6.07, 6.45) is 0. The van der Waals surface area contributed by atoms with Gasteiger partial charge >= 0.3 is 0 Å². The fourth-order valence-corrected chi connectivity index (χ4v) is 2.88. The van der Waals surface area contributed by atoms with E-state index >= 15 is 0 Å².